The fourth-order valence-corrected chi connectivity index (χ4v) is 13.7. The van der Waals surface area contributed by atoms with Crippen molar-refractivity contribution in [3.63, 3.8) is 0 Å². The van der Waals surface area contributed by atoms with Gasteiger partial charge in [-0.1, -0.05) is 0 Å². The minimum Gasteiger partial charge on any atom is -0.484 e. The predicted octanol–water partition coefficient (Wildman–Crippen LogP) is 4.92. The third kappa shape index (κ3) is 5.70. The Labute approximate surface area is 227 Å². The molecule has 4 N–H and O–H groups in total. The molecular weight excluding hydrogens is 542 g/mol. The number of hydrogen-bond acceptors (Lipinski definition) is 7. The normalized spacial score (nSPS) is 26.3. The van der Waals surface area contributed by atoms with Crippen LogP contribution in [0.5, 0.6) is 5.06 Å². The SMILES string of the molecule is Cc1oc(-c2ccncc2)nc1CCOc1ccc(CC(P2(=O)N[C@@H](C)[C@H](C)N2)P2(=O)N[C@@H](C)[C@H](C)N2)s1. The second-order valence-corrected chi connectivity index (χ2v) is 16.7. The minimum atomic E-state index is -3.15. The van der Waals surface area contributed by atoms with E-state index in [9.17, 15) is 9.13 Å². The molecule has 0 amide bonds. The Hall–Kier alpha value is -1.84. The molecule has 0 aliphatic carbocycles. The van der Waals surface area contributed by atoms with Gasteiger partial charge in [-0.25, -0.2) is 25.3 Å². The van der Waals surface area contributed by atoms with Crippen molar-refractivity contribution in [1.29, 1.82) is 0 Å². The zero-order valence-corrected chi connectivity index (χ0v) is 24.9. The van der Waals surface area contributed by atoms with Gasteiger partial charge in [0.25, 0.3) is 0 Å². The van der Waals surface area contributed by atoms with E-state index >= 15 is 0 Å². The van der Waals surface area contributed by atoms with Gasteiger partial charge in [0.1, 0.15) is 11.2 Å². The van der Waals surface area contributed by atoms with Crippen molar-refractivity contribution in [3.05, 3.63) is 53.0 Å². The summed E-state index contributed by atoms with van der Waals surface area (Å²) in [6, 6.07) is 7.71. The Morgan fingerprint density at radius 2 is 1.53 bits per heavy atom. The smallest absolute Gasteiger partial charge is 0.226 e. The van der Waals surface area contributed by atoms with E-state index in [0.717, 1.165) is 27.0 Å². The molecule has 4 atom stereocenters. The van der Waals surface area contributed by atoms with Crippen LogP contribution in [-0.2, 0) is 22.0 Å². The molecule has 0 radical (unpaired) electrons. The number of aromatic nitrogens is 2. The Kier molecular flexibility index (Phi) is 8.00. The van der Waals surface area contributed by atoms with Crippen molar-refractivity contribution in [2.45, 2.75) is 77.0 Å². The van der Waals surface area contributed by atoms with Crippen molar-refractivity contribution < 1.29 is 18.3 Å². The molecule has 38 heavy (non-hydrogen) atoms. The molecular formula is C25H36N6O4P2S. The summed E-state index contributed by atoms with van der Waals surface area (Å²) in [7, 11) is -6.30. The van der Waals surface area contributed by atoms with E-state index < -0.39 is 20.3 Å². The zero-order chi connectivity index (χ0) is 27.1. The molecule has 2 fully saturated rings. The monoisotopic (exact) mass is 578 g/mol. The average Bonchev–Trinajstić information content (AvgIpc) is 3.60. The summed E-state index contributed by atoms with van der Waals surface area (Å²) in [5, 5.41) is 13.2. The second kappa shape index (κ2) is 11.0. The van der Waals surface area contributed by atoms with E-state index in [4.69, 9.17) is 9.15 Å². The lowest BCUT2D eigenvalue weighted by Crippen LogP contribution is -2.31. The van der Waals surface area contributed by atoms with Gasteiger partial charge in [-0.15, -0.1) is 11.3 Å². The molecule has 0 spiro atoms. The fraction of sp³-hybridized carbons (Fsp3) is 0.520. The molecule has 206 valence electrons. The van der Waals surface area contributed by atoms with Crippen LogP contribution in [0.4, 0.5) is 0 Å². The number of oxazole rings is 1. The maximum atomic E-state index is 14.1. The number of hydrogen-bond donors (Lipinski definition) is 4. The topological polar surface area (TPSA) is 130 Å². The van der Waals surface area contributed by atoms with Crippen molar-refractivity contribution in [2.24, 2.45) is 0 Å². The van der Waals surface area contributed by atoms with Crippen molar-refractivity contribution in [2.75, 3.05) is 6.61 Å². The molecule has 13 heteroatoms. The van der Waals surface area contributed by atoms with Gasteiger partial charge in [-0.05, 0) is 58.9 Å². The highest BCUT2D eigenvalue weighted by molar-refractivity contribution is 7.78. The average molecular weight is 579 g/mol. The number of thiophene rings is 1. The van der Waals surface area contributed by atoms with Crippen LogP contribution in [0.2, 0.25) is 0 Å². The Bertz CT molecular complexity index is 1300. The zero-order valence-electron chi connectivity index (χ0n) is 22.3. The summed E-state index contributed by atoms with van der Waals surface area (Å²) in [4.78, 5) is 9.63. The summed E-state index contributed by atoms with van der Waals surface area (Å²) in [5.41, 5.74) is 1.74. The minimum absolute atomic E-state index is 0.0219. The highest BCUT2D eigenvalue weighted by atomic mass is 32.1. The molecule has 10 nitrogen and oxygen atoms in total. The lowest BCUT2D eigenvalue weighted by Gasteiger charge is -2.29. The standard InChI is InChI=1S/C25H36N6O4P2S/c1-15-16(2)29-36(32,28-15)24(37(33)30-17(3)18(4)31-37)14-21-6-7-23(38-21)34-13-10-22-19(5)35-25(27-22)20-8-11-26-12-9-20/h6-9,11-12,15-18,24H,10,13-14H2,1-5H3,(H2,28,29,32)(H2,30,31,33)/t15-,16-,17-,18-/m0/s1. The summed E-state index contributed by atoms with van der Waals surface area (Å²) in [6.45, 7) is 10.3. The third-order valence-electron chi connectivity index (χ3n) is 7.35. The molecule has 0 aromatic carbocycles. The van der Waals surface area contributed by atoms with E-state index in [2.05, 4.69) is 30.3 Å². The van der Waals surface area contributed by atoms with Crippen molar-refractivity contribution in [1.82, 2.24) is 30.3 Å². The van der Waals surface area contributed by atoms with Gasteiger partial charge in [-0.3, -0.25) is 14.1 Å². The molecule has 2 saturated heterocycles. The largest absolute Gasteiger partial charge is 0.484 e. The Morgan fingerprint density at radius 1 is 0.947 bits per heavy atom. The maximum Gasteiger partial charge on any atom is 0.226 e. The van der Waals surface area contributed by atoms with E-state index in [1.54, 1.807) is 12.4 Å². The number of nitrogens with zero attached hydrogens (tertiary/aromatic N) is 2. The first-order valence-corrected chi connectivity index (χ1v) is 17.3. The van der Waals surface area contributed by atoms with Gasteiger partial charge >= 0.3 is 0 Å². The van der Waals surface area contributed by atoms with Crippen molar-refractivity contribution in [3.8, 4) is 16.5 Å². The summed E-state index contributed by atoms with van der Waals surface area (Å²) >= 11 is 1.49. The summed E-state index contributed by atoms with van der Waals surface area (Å²) in [6.07, 6.45) is 4.43. The molecule has 0 unspecified atom stereocenters. The molecule has 2 aliphatic rings. The van der Waals surface area contributed by atoms with Crippen LogP contribution in [0.15, 0.2) is 41.1 Å². The number of aryl methyl sites for hydroxylation is 1. The van der Waals surface area contributed by atoms with Crippen LogP contribution in [0.3, 0.4) is 0 Å². The van der Waals surface area contributed by atoms with Gasteiger partial charge in [0.15, 0.2) is 5.06 Å². The van der Waals surface area contributed by atoms with Crippen LogP contribution in [0.1, 0.15) is 44.0 Å². The lowest BCUT2D eigenvalue weighted by atomic mass is 10.2. The molecule has 0 saturated carbocycles. The van der Waals surface area contributed by atoms with Crippen LogP contribution in [0, 0.1) is 6.92 Å². The quantitative estimate of drug-likeness (QED) is 0.260. The molecule has 0 bridgehead atoms. The highest BCUT2D eigenvalue weighted by Crippen LogP contribution is 2.65. The Balaban J connectivity index is 1.26. The van der Waals surface area contributed by atoms with Crippen LogP contribution in [0.25, 0.3) is 11.5 Å². The predicted molar refractivity (Wildman–Crippen MR) is 151 cm³/mol. The Morgan fingerprint density at radius 3 is 2.11 bits per heavy atom. The lowest BCUT2D eigenvalue weighted by molar-refractivity contribution is 0.329. The van der Waals surface area contributed by atoms with Crippen LogP contribution in [-0.4, -0.2) is 46.1 Å². The first kappa shape index (κ1) is 27.7. The van der Waals surface area contributed by atoms with E-state index in [1.807, 2.05) is 58.9 Å². The maximum absolute atomic E-state index is 14.1. The van der Waals surface area contributed by atoms with E-state index in [-0.39, 0.29) is 24.2 Å². The number of rotatable bonds is 9. The van der Waals surface area contributed by atoms with E-state index in [0.29, 0.717) is 25.3 Å². The molecule has 5 rings (SSSR count). The number of pyridine rings is 1. The van der Waals surface area contributed by atoms with Crippen LogP contribution >= 0.6 is 26.2 Å². The first-order valence-electron chi connectivity index (χ1n) is 12.9. The molecule has 5 heterocycles. The molecule has 3 aromatic rings. The highest BCUT2D eigenvalue weighted by Gasteiger charge is 2.54. The van der Waals surface area contributed by atoms with Gasteiger partial charge in [-0.2, -0.15) is 0 Å². The van der Waals surface area contributed by atoms with Gasteiger partial charge in [0.05, 0.1) is 12.3 Å². The summed E-state index contributed by atoms with van der Waals surface area (Å²) in [5.74, 6) is 1.34. The van der Waals surface area contributed by atoms with Crippen molar-refractivity contribution >= 4 is 26.2 Å². The van der Waals surface area contributed by atoms with Gasteiger partial charge in [0.2, 0.25) is 20.8 Å². The second-order valence-electron chi connectivity index (χ2n) is 10.2. The van der Waals surface area contributed by atoms with E-state index in [1.165, 1.54) is 11.3 Å². The third-order valence-corrected chi connectivity index (χ3v) is 15.5. The first-order chi connectivity index (χ1) is 18.1. The summed E-state index contributed by atoms with van der Waals surface area (Å²) < 4.78 is 40.1. The fourth-order valence-electron chi connectivity index (χ4n) is 4.81. The molecule has 2 aliphatic heterocycles. The van der Waals surface area contributed by atoms with Gasteiger partial charge < -0.3 is 9.15 Å². The number of ether oxygens (including phenoxy) is 1. The number of nitrogens with one attached hydrogen (secondary N) is 4. The van der Waals surface area contributed by atoms with Crippen LogP contribution < -0.4 is 25.1 Å². The van der Waals surface area contributed by atoms with Gasteiger partial charge in [0, 0.05) is 59.8 Å². The molecule has 3 aromatic heterocycles.